The van der Waals surface area contributed by atoms with Gasteiger partial charge in [0.1, 0.15) is 5.82 Å². The Hall–Kier alpha value is -4.40. The number of aromatic nitrogens is 4. The molecular weight excluding hydrogens is 435 g/mol. The smallest absolute Gasteiger partial charge is 0.274 e. The molecule has 0 radical (unpaired) electrons. The number of anilines is 1. The van der Waals surface area contributed by atoms with Gasteiger partial charge in [-0.3, -0.25) is 9.78 Å². The van der Waals surface area contributed by atoms with Gasteiger partial charge in [0.15, 0.2) is 11.5 Å². The maximum atomic E-state index is 13.5. The first-order chi connectivity index (χ1) is 16.4. The number of nitrogens with two attached hydrogens (primary N) is 1. The summed E-state index contributed by atoms with van der Waals surface area (Å²) in [5.74, 6) is -0.493. The third kappa shape index (κ3) is 4.83. The van der Waals surface area contributed by atoms with E-state index < -0.39 is 5.91 Å². The van der Waals surface area contributed by atoms with E-state index in [0.717, 1.165) is 17.0 Å². The summed E-state index contributed by atoms with van der Waals surface area (Å²) in [6.45, 7) is 3.90. The first-order valence-corrected chi connectivity index (χ1v) is 10.5. The summed E-state index contributed by atoms with van der Waals surface area (Å²) in [5.41, 5.74) is 10.6. The number of nitrogen functional groups attached to an aromatic ring is 1. The number of carbonyl (C=O) groups excluding carboxylic acids is 1. The van der Waals surface area contributed by atoms with Gasteiger partial charge < -0.3 is 15.8 Å². The number of nitrogens with one attached hydrogen (secondary N) is 1. The molecule has 0 aliphatic heterocycles. The SMILES string of the molecule is COc1ncccc1CNC(=O)c1nc(-c2cc(C)nc(C)c2)c(-c2ccc(F)cc2)nc1N. The van der Waals surface area contributed by atoms with Crippen LogP contribution in [0.1, 0.15) is 27.4 Å². The van der Waals surface area contributed by atoms with Crippen LogP contribution in [-0.4, -0.2) is 33.0 Å². The van der Waals surface area contributed by atoms with Gasteiger partial charge in [-0.15, -0.1) is 0 Å². The molecule has 8 nitrogen and oxygen atoms in total. The second-order valence-electron chi connectivity index (χ2n) is 7.65. The van der Waals surface area contributed by atoms with Crippen LogP contribution in [0.5, 0.6) is 5.88 Å². The number of pyridine rings is 2. The van der Waals surface area contributed by atoms with Crippen LogP contribution in [0, 0.1) is 19.7 Å². The molecule has 172 valence electrons. The van der Waals surface area contributed by atoms with Crippen molar-refractivity contribution < 1.29 is 13.9 Å². The zero-order chi connectivity index (χ0) is 24.2. The monoisotopic (exact) mass is 458 g/mol. The second-order valence-corrected chi connectivity index (χ2v) is 7.65. The highest BCUT2D eigenvalue weighted by Gasteiger charge is 2.21. The summed E-state index contributed by atoms with van der Waals surface area (Å²) < 4.78 is 18.8. The van der Waals surface area contributed by atoms with Crippen LogP contribution in [0.25, 0.3) is 22.5 Å². The molecule has 1 amide bonds. The van der Waals surface area contributed by atoms with Crippen molar-refractivity contribution in [1.82, 2.24) is 25.3 Å². The number of amides is 1. The summed E-state index contributed by atoms with van der Waals surface area (Å²) >= 11 is 0. The van der Waals surface area contributed by atoms with Crippen LogP contribution in [0.3, 0.4) is 0 Å². The van der Waals surface area contributed by atoms with Gasteiger partial charge in [0, 0.05) is 40.8 Å². The quantitative estimate of drug-likeness (QED) is 0.450. The number of carbonyl (C=O) groups is 1. The van der Waals surface area contributed by atoms with Gasteiger partial charge in [-0.1, -0.05) is 6.07 Å². The molecule has 0 saturated heterocycles. The lowest BCUT2D eigenvalue weighted by Gasteiger charge is -2.14. The van der Waals surface area contributed by atoms with Gasteiger partial charge in [-0.25, -0.2) is 19.3 Å². The summed E-state index contributed by atoms with van der Waals surface area (Å²) in [6.07, 6.45) is 1.60. The van der Waals surface area contributed by atoms with Gasteiger partial charge in [0.05, 0.1) is 18.5 Å². The molecular formula is C25H23FN6O2. The van der Waals surface area contributed by atoms with Crippen LogP contribution in [0.15, 0.2) is 54.7 Å². The molecule has 0 saturated carbocycles. The lowest BCUT2D eigenvalue weighted by molar-refractivity contribution is 0.0946. The Morgan fingerprint density at radius 1 is 1.00 bits per heavy atom. The largest absolute Gasteiger partial charge is 0.481 e. The fourth-order valence-corrected chi connectivity index (χ4v) is 3.60. The Balaban J connectivity index is 1.76. The van der Waals surface area contributed by atoms with E-state index in [1.165, 1.54) is 19.2 Å². The summed E-state index contributed by atoms with van der Waals surface area (Å²) in [7, 11) is 1.51. The standard InChI is InChI=1S/C25H23FN6O2/c1-14-11-18(12-15(2)30-14)21-20(16-6-8-19(26)9-7-16)32-23(27)22(31-21)24(33)29-13-17-5-4-10-28-25(17)34-3/h4-12H,13H2,1-3H3,(H2,27,32)(H,29,33). The molecule has 0 atom stereocenters. The molecule has 0 unspecified atom stereocenters. The van der Waals surface area contributed by atoms with Crippen molar-refractivity contribution in [3.63, 3.8) is 0 Å². The molecule has 3 aromatic heterocycles. The van der Waals surface area contributed by atoms with Crippen molar-refractivity contribution in [3.8, 4) is 28.4 Å². The molecule has 0 spiro atoms. The van der Waals surface area contributed by atoms with Crippen molar-refractivity contribution in [2.24, 2.45) is 0 Å². The molecule has 0 aliphatic carbocycles. The molecule has 34 heavy (non-hydrogen) atoms. The minimum Gasteiger partial charge on any atom is -0.481 e. The Morgan fingerprint density at radius 3 is 2.35 bits per heavy atom. The predicted octanol–water partition coefficient (Wildman–Crippen LogP) is 3.88. The van der Waals surface area contributed by atoms with Gasteiger partial charge in [-0.05, 0) is 56.3 Å². The van der Waals surface area contributed by atoms with Gasteiger partial charge in [-0.2, -0.15) is 0 Å². The number of hydrogen-bond acceptors (Lipinski definition) is 7. The van der Waals surface area contributed by atoms with Crippen molar-refractivity contribution in [1.29, 1.82) is 0 Å². The molecule has 3 heterocycles. The van der Waals surface area contributed by atoms with E-state index >= 15 is 0 Å². The number of halogens is 1. The Labute approximate surface area is 196 Å². The molecule has 4 rings (SSSR count). The van der Waals surface area contributed by atoms with Crippen LogP contribution >= 0.6 is 0 Å². The minimum atomic E-state index is -0.495. The van der Waals surface area contributed by atoms with Crippen molar-refractivity contribution in [2.75, 3.05) is 12.8 Å². The van der Waals surface area contributed by atoms with Crippen LogP contribution < -0.4 is 15.8 Å². The second kappa shape index (κ2) is 9.62. The number of benzene rings is 1. The number of methoxy groups -OCH3 is 1. The Morgan fingerprint density at radius 2 is 1.68 bits per heavy atom. The highest BCUT2D eigenvalue weighted by Crippen LogP contribution is 2.31. The first kappa shape index (κ1) is 22.8. The van der Waals surface area contributed by atoms with Crippen LogP contribution in [-0.2, 0) is 6.54 Å². The molecule has 1 aromatic carbocycles. The first-order valence-electron chi connectivity index (χ1n) is 10.5. The fraction of sp³-hybridized carbons (Fsp3) is 0.160. The average molecular weight is 458 g/mol. The van der Waals surface area contributed by atoms with E-state index in [1.54, 1.807) is 30.5 Å². The summed E-state index contributed by atoms with van der Waals surface area (Å²) in [6, 6.07) is 13.1. The normalized spacial score (nSPS) is 10.7. The Bertz CT molecular complexity index is 1340. The topological polar surface area (TPSA) is 116 Å². The van der Waals surface area contributed by atoms with E-state index in [1.807, 2.05) is 26.0 Å². The maximum Gasteiger partial charge on any atom is 0.274 e. The zero-order valence-electron chi connectivity index (χ0n) is 19.0. The third-order valence-electron chi connectivity index (χ3n) is 5.09. The summed E-state index contributed by atoms with van der Waals surface area (Å²) in [5, 5.41) is 2.80. The molecule has 3 N–H and O–H groups in total. The van der Waals surface area contributed by atoms with Crippen molar-refractivity contribution in [2.45, 2.75) is 20.4 Å². The van der Waals surface area contributed by atoms with E-state index in [9.17, 15) is 9.18 Å². The van der Waals surface area contributed by atoms with Gasteiger partial charge in [0.25, 0.3) is 5.91 Å². The lowest BCUT2D eigenvalue weighted by atomic mass is 10.0. The van der Waals surface area contributed by atoms with Gasteiger partial charge in [0.2, 0.25) is 5.88 Å². The van der Waals surface area contributed by atoms with Crippen molar-refractivity contribution in [3.05, 3.63) is 83.2 Å². The lowest BCUT2D eigenvalue weighted by Crippen LogP contribution is -2.26. The minimum absolute atomic E-state index is 0.0177. The van der Waals surface area contributed by atoms with Crippen LogP contribution in [0.4, 0.5) is 10.2 Å². The fourth-order valence-electron chi connectivity index (χ4n) is 3.60. The van der Waals surface area contributed by atoms with Crippen molar-refractivity contribution >= 4 is 11.7 Å². The van der Waals surface area contributed by atoms with Gasteiger partial charge >= 0.3 is 0 Å². The number of ether oxygens (including phenoxy) is 1. The number of rotatable bonds is 6. The highest BCUT2D eigenvalue weighted by molar-refractivity contribution is 5.98. The predicted molar refractivity (Wildman–Crippen MR) is 127 cm³/mol. The molecule has 4 aromatic rings. The number of aryl methyl sites for hydroxylation is 2. The third-order valence-corrected chi connectivity index (χ3v) is 5.09. The van der Waals surface area contributed by atoms with E-state index in [0.29, 0.717) is 28.4 Å². The van der Waals surface area contributed by atoms with E-state index in [2.05, 4.69) is 25.3 Å². The van der Waals surface area contributed by atoms with Crippen LogP contribution in [0.2, 0.25) is 0 Å². The summed E-state index contributed by atoms with van der Waals surface area (Å²) in [4.78, 5) is 30.7. The van der Waals surface area contributed by atoms with E-state index in [4.69, 9.17) is 10.5 Å². The molecule has 0 fully saturated rings. The molecule has 0 bridgehead atoms. The molecule has 0 aliphatic rings. The number of nitrogens with zero attached hydrogens (tertiary/aromatic N) is 4. The highest BCUT2D eigenvalue weighted by atomic mass is 19.1. The van der Waals surface area contributed by atoms with E-state index in [-0.39, 0.29) is 23.9 Å². The number of hydrogen-bond donors (Lipinski definition) is 2. The zero-order valence-corrected chi connectivity index (χ0v) is 19.0. The maximum absolute atomic E-state index is 13.5. The molecule has 9 heteroatoms. The Kier molecular flexibility index (Phi) is 6.44. The average Bonchev–Trinajstić information content (AvgIpc) is 2.82.